The summed E-state index contributed by atoms with van der Waals surface area (Å²) in [5.74, 6) is -0.399. The van der Waals surface area contributed by atoms with E-state index in [2.05, 4.69) is 32.9 Å². The third kappa shape index (κ3) is 6.50. The number of hydrogen-bond donors (Lipinski definition) is 1. The summed E-state index contributed by atoms with van der Waals surface area (Å²) in [4.78, 5) is 32.4. The number of nitrogens with one attached hydrogen (secondary N) is 1. The van der Waals surface area contributed by atoms with Crippen LogP contribution < -0.4 is 5.32 Å². The number of thioether (sulfide) groups is 1. The van der Waals surface area contributed by atoms with E-state index in [0.29, 0.717) is 33.1 Å². The highest BCUT2D eigenvalue weighted by Gasteiger charge is 2.36. The maximum atomic E-state index is 13.1. The Morgan fingerprint density at radius 1 is 1.00 bits per heavy atom. The summed E-state index contributed by atoms with van der Waals surface area (Å²) in [6.45, 7) is 0.334. The van der Waals surface area contributed by atoms with E-state index in [4.69, 9.17) is 23.2 Å². The first kappa shape index (κ1) is 24.1. The number of rotatable bonds is 5. The zero-order valence-electron chi connectivity index (χ0n) is 17.2. The van der Waals surface area contributed by atoms with Crippen LogP contribution in [0.5, 0.6) is 0 Å². The fourth-order valence-corrected chi connectivity index (χ4v) is 4.86. The van der Waals surface area contributed by atoms with Crippen molar-refractivity contribution in [2.45, 2.75) is 18.2 Å². The Kier molecular flexibility index (Phi) is 7.95. The molecule has 5 nitrogen and oxygen atoms in total. The minimum Gasteiger partial charge on any atom is -0.325 e. The van der Waals surface area contributed by atoms with Gasteiger partial charge in [0.1, 0.15) is 5.25 Å². The van der Waals surface area contributed by atoms with Gasteiger partial charge < -0.3 is 5.32 Å². The average Bonchev–Trinajstić information content (AvgIpc) is 2.80. The van der Waals surface area contributed by atoms with Crippen molar-refractivity contribution >= 4 is 85.9 Å². The highest BCUT2D eigenvalue weighted by atomic mass is 127. The van der Waals surface area contributed by atoms with Crippen molar-refractivity contribution in [3.8, 4) is 0 Å². The number of nitrogens with zero attached hydrogens (tertiary/aromatic N) is 2. The van der Waals surface area contributed by atoms with Crippen LogP contribution in [0.4, 0.5) is 11.4 Å². The van der Waals surface area contributed by atoms with Crippen LogP contribution in [0.2, 0.25) is 10.0 Å². The van der Waals surface area contributed by atoms with Gasteiger partial charge in [0, 0.05) is 25.7 Å². The zero-order chi connectivity index (χ0) is 23.4. The van der Waals surface area contributed by atoms with Crippen LogP contribution >= 0.6 is 57.6 Å². The van der Waals surface area contributed by atoms with E-state index in [1.807, 2.05) is 36.4 Å². The second-order valence-corrected chi connectivity index (χ2v) is 10.6. The van der Waals surface area contributed by atoms with E-state index in [0.717, 1.165) is 9.13 Å². The summed E-state index contributed by atoms with van der Waals surface area (Å²) in [5.41, 5.74) is 2.25. The number of aliphatic imine (C=N–C) groups is 1. The molecule has 1 fully saturated rings. The molecule has 1 atom stereocenters. The van der Waals surface area contributed by atoms with E-state index in [1.165, 1.54) is 11.8 Å². The third-order valence-corrected chi connectivity index (χ3v) is 7.26. The number of halogens is 3. The minimum absolute atomic E-state index is 0.0775. The molecule has 0 aliphatic carbocycles. The molecular weight excluding hydrogens is 592 g/mol. The number of amidine groups is 1. The van der Waals surface area contributed by atoms with Crippen LogP contribution in [-0.4, -0.2) is 27.1 Å². The quantitative estimate of drug-likeness (QED) is 0.325. The van der Waals surface area contributed by atoms with Gasteiger partial charge in [0.15, 0.2) is 5.17 Å². The summed E-state index contributed by atoms with van der Waals surface area (Å²) < 4.78 is 1.07. The molecule has 0 aromatic heterocycles. The lowest BCUT2D eigenvalue weighted by molar-refractivity contribution is -0.129. The van der Waals surface area contributed by atoms with Gasteiger partial charge in [0.05, 0.1) is 12.2 Å². The second-order valence-electron chi connectivity index (χ2n) is 7.28. The van der Waals surface area contributed by atoms with Crippen LogP contribution in [0.1, 0.15) is 12.0 Å². The van der Waals surface area contributed by atoms with Crippen LogP contribution in [0.3, 0.4) is 0 Å². The lowest BCUT2D eigenvalue weighted by atomic mass is 10.2. The number of carbonyl (C=O) groups excluding carboxylic acids is 2. The summed E-state index contributed by atoms with van der Waals surface area (Å²) in [7, 11) is 0. The molecule has 0 saturated carbocycles. The van der Waals surface area contributed by atoms with Crippen molar-refractivity contribution in [2.75, 3.05) is 5.32 Å². The molecule has 4 rings (SSSR count). The van der Waals surface area contributed by atoms with Crippen molar-refractivity contribution in [1.82, 2.24) is 4.90 Å². The van der Waals surface area contributed by atoms with Gasteiger partial charge in [-0.25, -0.2) is 4.99 Å². The van der Waals surface area contributed by atoms with E-state index < -0.39 is 5.25 Å². The van der Waals surface area contributed by atoms with Gasteiger partial charge in [-0.2, -0.15) is 0 Å². The van der Waals surface area contributed by atoms with Gasteiger partial charge >= 0.3 is 0 Å². The zero-order valence-corrected chi connectivity index (χ0v) is 21.7. The molecule has 1 saturated heterocycles. The Morgan fingerprint density at radius 3 is 2.24 bits per heavy atom. The van der Waals surface area contributed by atoms with E-state index in [1.54, 1.807) is 41.3 Å². The number of anilines is 1. The maximum absolute atomic E-state index is 13.1. The molecule has 3 aromatic rings. The normalized spacial score (nSPS) is 17.3. The average molecular weight is 610 g/mol. The van der Waals surface area contributed by atoms with Crippen molar-refractivity contribution in [2.24, 2.45) is 4.99 Å². The van der Waals surface area contributed by atoms with Crippen molar-refractivity contribution in [3.63, 3.8) is 0 Å². The molecule has 2 amide bonds. The molecule has 9 heteroatoms. The van der Waals surface area contributed by atoms with Gasteiger partial charge in [-0.05, 0) is 88.8 Å². The smallest absolute Gasteiger partial charge is 0.238 e. The van der Waals surface area contributed by atoms with Gasteiger partial charge in [-0.15, -0.1) is 0 Å². The molecule has 33 heavy (non-hydrogen) atoms. The molecule has 1 aliphatic heterocycles. The van der Waals surface area contributed by atoms with E-state index in [-0.39, 0.29) is 18.2 Å². The number of amides is 2. The van der Waals surface area contributed by atoms with Crippen LogP contribution in [0, 0.1) is 3.57 Å². The Labute approximate surface area is 219 Å². The fraction of sp³-hybridized carbons (Fsp3) is 0.125. The molecule has 1 unspecified atom stereocenters. The molecule has 0 radical (unpaired) electrons. The Bertz CT molecular complexity index is 1190. The first-order chi connectivity index (χ1) is 15.9. The predicted molar refractivity (Wildman–Crippen MR) is 144 cm³/mol. The Hall–Kier alpha value is -2.07. The molecule has 0 bridgehead atoms. The lowest BCUT2D eigenvalue weighted by Crippen LogP contribution is -2.44. The van der Waals surface area contributed by atoms with Gasteiger partial charge in [-0.1, -0.05) is 47.1 Å². The monoisotopic (exact) mass is 609 g/mol. The predicted octanol–water partition coefficient (Wildman–Crippen LogP) is 6.76. The van der Waals surface area contributed by atoms with Gasteiger partial charge in [-0.3, -0.25) is 14.5 Å². The highest BCUT2D eigenvalue weighted by molar-refractivity contribution is 14.1. The topological polar surface area (TPSA) is 61.8 Å². The minimum atomic E-state index is -0.593. The summed E-state index contributed by atoms with van der Waals surface area (Å²) in [6, 6.07) is 21.8. The van der Waals surface area contributed by atoms with Crippen LogP contribution in [-0.2, 0) is 16.1 Å². The standard InChI is InChI=1S/C24H18Cl2IN3O2S/c25-16-3-1-15(2-4-16)14-30-22(31)13-21(23(32)28-19-11-7-18(27)8-12-19)33-24(30)29-20-9-5-17(26)6-10-20/h1-12,21H,13-14H2,(H,28,32). The maximum Gasteiger partial charge on any atom is 0.238 e. The number of carbonyl (C=O) groups is 2. The van der Waals surface area contributed by atoms with Gasteiger partial charge in [0.25, 0.3) is 0 Å². The summed E-state index contributed by atoms with van der Waals surface area (Å²) >= 11 is 15.5. The van der Waals surface area contributed by atoms with Crippen molar-refractivity contribution < 1.29 is 9.59 Å². The largest absolute Gasteiger partial charge is 0.325 e. The molecule has 1 heterocycles. The first-order valence-electron chi connectivity index (χ1n) is 9.99. The van der Waals surface area contributed by atoms with Crippen molar-refractivity contribution in [3.05, 3.63) is 92.0 Å². The van der Waals surface area contributed by atoms with Crippen LogP contribution in [0.25, 0.3) is 0 Å². The second kappa shape index (κ2) is 10.9. The molecule has 1 N–H and O–H groups in total. The fourth-order valence-electron chi connectivity index (χ4n) is 3.15. The van der Waals surface area contributed by atoms with Crippen LogP contribution in [0.15, 0.2) is 77.8 Å². The van der Waals surface area contributed by atoms with Crippen molar-refractivity contribution in [1.29, 1.82) is 0 Å². The van der Waals surface area contributed by atoms with E-state index >= 15 is 0 Å². The molecule has 3 aromatic carbocycles. The first-order valence-corrected chi connectivity index (χ1v) is 12.7. The molecule has 1 aliphatic rings. The van der Waals surface area contributed by atoms with E-state index in [9.17, 15) is 9.59 Å². The Balaban J connectivity index is 1.59. The highest BCUT2D eigenvalue weighted by Crippen LogP contribution is 2.31. The number of benzene rings is 3. The summed E-state index contributed by atoms with van der Waals surface area (Å²) in [6.07, 6.45) is 0.0775. The SMILES string of the molecule is O=C(Nc1ccc(I)cc1)C1CC(=O)N(Cc2ccc(Cl)cc2)C(=Nc2ccc(Cl)cc2)S1. The molecular formula is C24H18Cl2IN3O2S. The summed E-state index contributed by atoms with van der Waals surface area (Å²) in [5, 5.41) is 3.99. The number of hydrogen-bond acceptors (Lipinski definition) is 4. The molecule has 0 spiro atoms. The Morgan fingerprint density at radius 2 is 1.61 bits per heavy atom. The third-order valence-electron chi connectivity index (χ3n) is 4.85. The molecule has 168 valence electrons. The lowest BCUT2D eigenvalue weighted by Gasteiger charge is -2.32. The van der Waals surface area contributed by atoms with Gasteiger partial charge in [0.2, 0.25) is 11.8 Å².